The monoisotopic (exact) mass is 290 g/mol. The Kier molecular flexibility index (Phi) is 7.00. The minimum Gasteiger partial charge on any atom is -0.329 e. The number of nitrogens with two attached hydrogens (primary N) is 1. The summed E-state index contributed by atoms with van der Waals surface area (Å²) < 4.78 is 13.3. The number of thioether (sulfide) groups is 1. The Labute approximate surface area is 118 Å². The summed E-state index contributed by atoms with van der Waals surface area (Å²) in [6.45, 7) is 1.40. The first-order valence-electron chi connectivity index (χ1n) is 5.93. The van der Waals surface area contributed by atoms with Gasteiger partial charge in [0, 0.05) is 17.6 Å². The minimum absolute atomic E-state index is 0.0139. The molecule has 0 radical (unpaired) electrons. The van der Waals surface area contributed by atoms with Crippen LogP contribution in [-0.4, -0.2) is 37.0 Å². The number of likely N-dealkylation sites (N-methyl/N-ethyl adjacent to an activating group) is 1. The van der Waals surface area contributed by atoms with E-state index in [9.17, 15) is 4.39 Å². The molecule has 1 atom stereocenters. The van der Waals surface area contributed by atoms with Crippen molar-refractivity contribution < 1.29 is 4.39 Å². The summed E-state index contributed by atoms with van der Waals surface area (Å²) in [7, 11) is 2.01. The molecule has 0 fully saturated rings. The fourth-order valence-electron chi connectivity index (χ4n) is 1.95. The summed E-state index contributed by atoms with van der Waals surface area (Å²) in [6.07, 6.45) is 3.18. The molecule has 1 aromatic carbocycles. The van der Waals surface area contributed by atoms with Gasteiger partial charge in [0.05, 0.1) is 0 Å². The van der Waals surface area contributed by atoms with Gasteiger partial charge in [-0.1, -0.05) is 11.6 Å². The van der Waals surface area contributed by atoms with E-state index >= 15 is 0 Å². The normalized spacial score (nSPS) is 13.0. The molecule has 2 N–H and O–H groups in total. The van der Waals surface area contributed by atoms with E-state index in [4.69, 9.17) is 17.3 Å². The molecule has 0 amide bonds. The molecule has 0 bridgehead atoms. The number of rotatable bonds is 7. The molecule has 0 aliphatic carbocycles. The van der Waals surface area contributed by atoms with Crippen LogP contribution in [0.15, 0.2) is 18.2 Å². The topological polar surface area (TPSA) is 29.3 Å². The van der Waals surface area contributed by atoms with Crippen molar-refractivity contribution in [2.45, 2.75) is 12.5 Å². The van der Waals surface area contributed by atoms with E-state index in [1.54, 1.807) is 6.07 Å². The Morgan fingerprint density at radius 1 is 1.44 bits per heavy atom. The molecule has 2 nitrogen and oxygen atoms in total. The van der Waals surface area contributed by atoms with E-state index in [-0.39, 0.29) is 11.9 Å². The maximum Gasteiger partial charge on any atom is 0.125 e. The zero-order valence-electron chi connectivity index (χ0n) is 10.8. The van der Waals surface area contributed by atoms with Gasteiger partial charge in [-0.05, 0) is 55.8 Å². The SMILES string of the molecule is CSCCCN(C)C(CN)c1cc(F)cc(Cl)c1. The molecule has 0 aliphatic rings. The summed E-state index contributed by atoms with van der Waals surface area (Å²) in [4.78, 5) is 2.15. The van der Waals surface area contributed by atoms with Crippen LogP contribution in [0.4, 0.5) is 4.39 Å². The lowest BCUT2D eigenvalue weighted by molar-refractivity contribution is 0.251. The van der Waals surface area contributed by atoms with Crippen molar-refractivity contribution in [2.75, 3.05) is 32.1 Å². The zero-order valence-corrected chi connectivity index (χ0v) is 12.4. The molecule has 0 aromatic heterocycles. The molecular weight excluding hydrogens is 271 g/mol. The van der Waals surface area contributed by atoms with Gasteiger partial charge in [-0.25, -0.2) is 4.39 Å². The molecule has 0 saturated heterocycles. The number of benzene rings is 1. The lowest BCUT2D eigenvalue weighted by Crippen LogP contribution is -2.31. The van der Waals surface area contributed by atoms with Gasteiger partial charge in [-0.2, -0.15) is 11.8 Å². The number of hydrogen-bond acceptors (Lipinski definition) is 3. The predicted molar refractivity (Wildman–Crippen MR) is 78.8 cm³/mol. The van der Waals surface area contributed by atoms with Crippen molar-refractivity contribution in [1.29, 1.82) is 0 Å². The van der Waals surface area contributed by atoms with Crippen LogP contribution >= 0.6 is 23.4 Å². The van der Waals surface area contributed by atoms with Gasteiger partial charge in [0.2, 0.25) is 0 Å². The average molecular weight is 291 g/mol. The van der Waals surface area contributed by atoms with Crippen molar-refractivity contribution in [2.24, 2.45) is 5.73 Å². The van der Waals surface area contributed by atoms with Crippen LogP contribution in [0.1, 0.15) is 18.0 Å². The molecule has 1 rings (SSSR count). The van der Waals surface area contributed by atoms with Crippen molar-refractivity contribution in [1.82, 2.24) is 4.90 Å². The van der Waals surface area contributed by atoms with Gasteiger partial charge in [0.25, 0.3) is 0 Å². The van der Waals surface area contributed by atoms with E-state index in [1.165, 1.54) is 12.1 Å². The Morgan fingerprint density at radius 2 is 2.17 bits per heavy atom. The van der Waals surface area contributed by atoms with E-state index in [2.05, 4.69) is 11.2 Å². The van der Waals surface area contributed by atoms with E-state index in [1.807, 2.05) is 18.8 Å². The highest BCUT2D eigenvalue weighted by atomic mass is 35.5. The summed E-state index contributed by atoms with van der Waals surface area (Å²) in [5.41, 5.74) is 6.64. The average Bonchev–Trinajstić information content (AvgIpc) is 2.29. The molecular formula is C13H20ClFN2S. The molecule has 5 heteroatoms. The second kappa shape index (κ2) is 8.00. The Bertz CT molecular complexity index is 356. The fourth-order valence-corrected chi connectivity index (χ4v) is 2.60. The van der Waals surface area contributed by atoms with Gasteiger partial charge in [0.15, 0.2) is 0 Å². The Balaban J connectivity index is 2.74. The zero-order chi connectivity index (χ0) is 13.5. The first-order chi connectivity index (χ1) is 8.58. The largest absolute Gasteiger partial charge is 0.329 e. The maximum atomic E-state index is 13.3. The molecule has 102 valence electrons. The molecule has 0 aliphatic heterocycles. The number of halogens is 2. The summed E-state index contributed by atoms with van der Waals surface area (Å²) in [6, 6.07) is 4.62. The highest BCUT2D eigenvalue weighted by Gasteiger charge is 2.16. The minimum atomic E-state index is -0.312. The highest BCUT2D eigenvalue weighted by molar-refractivity contribution is 7.98. The quantitative estimate of drug-likeness (QED) is 0.782. The van der Waals surface area contributed by atoms with Crippen LogP contribution in [0.25, 0.3) is 0 Å². The van der Waals surface area contributed by atoms with Crippen LogP contribution in [0.3, 0.4) is 0 Å². The molecule has 1 unspecified atom stereocenters. The maximum absolute atomic E-state index is 13.3. The second-order valence-electron chi connectivity index (χ2n) is 4.28. The third-order valence-corrected chi connectivity index (χ3v) is 3.80. The lowest BCUT2D eigenvalue weighted by atomic mass is 10.1. The van der Waals surface area contributed by atoms with Crippen LogP contribution < -0.4 is 5.73 Å². The van der Waals surface area contributed by atoms with E-state index in [0.29, 0.717) is 11.6 Å². The van der Waals surface area contributed by atoms with Crippen molar-refractivity contribution in [3.8, 4) is 0 Å². The van der Waals surface area contributed by atoms with Crippen LogP contribution in [0.5, 0.6) is 0 Å². The molecule has 0 saturated carbocycles. The predicted octanol–water partition coefficient (Wildman–Crippen LogP) is 3.16. The fraction of sp³-hybridized carbons (Fsp3) is 0.538. The highest BCUT2D eigenvalue weighted by Crippen LogP contribution is 2.23. The molecule has 18 heavy (non-hydrogen) atoms. The van der Waals surface area contributed by atoms with Crippen LogP contribution in [0.2, 0.25) is 5.02 Å². The van der Waals surface area contributed by atoms with E-state index in [0.717, 1.165) is 24.3 Å². The first-order valence-corrected chi connectivity index (χ1v) is 7.71. The summed E-state index contributed by atoms with van der Waals surface area (Å²) in [5.74, 6) is 0.805. The van der Waals surface area contributed by atoms with Gasteiger partial charge in [0.1, 0.15) is 5.82 Å². The van der Waals surface area contributed by atoms with Crippen LogP contribution in [0, 0.1) is 5.82 Å². The smallest absolute Gasteiger partial charge is 0.125 e. The van der Waals surface area contributed by atoms with Gasteiger partial charge in [-0.3, -0.25) is 4.90 Å². The number of nitrogens with zero attached hydrogens (tertiary/aromatic N) is 1. The van der Waals surface area contributed by atoms with Gasteiger partial charge in [-0.15, -0.1) is 0 Å². The number of hydrogen-bond donors (Lipinski definition) is 1. The van der Waals surface area contributed by atoms with Crippen molar-refractivity contribution in [3.05, 3.63) is 34.6 Å². The van der Waals surface area contributed by atoms with Crippen LogP contribution in [-0.2, 0) is 0 Å². The molecule has 1 aromatic rings. The Morgan fingerprint density at radius 3 is 2.72 bits per heavy atom. The standard InChI is InChI=1S/C13H20ClFN2S/c1-17(4-3-5-18-2)13(9-16)10-6-11(14)8-12(15)7-10/h6-8,13H,3-5,9,16H2,1-2H3. The second-order valence-corrected chi connectivity index (χ2v) is 5.70. The molecule has 0 heterocycles. The summed E-state index contributed by atoms with van der Waals surface area (Å²) in [5, 5.41) is 0.418. The third-order valence-electron chi connectivity index (χ3n) is 2.88. The molecule has 0 spiro atoms. The Hall–Kier alpha value is -0.290. The first kappa shape index (κ1) is 15.8. The van der Waals surface area contributed by atoms with Crippen molar-refractivity contribution >= 4 is 23.4 Å². The third kappa shape index (κ3) is 4.76. The van der Waals surface area contributed by atoms with E-state index < -0.39 is 0 Å². The lowest BCUT2D eigenvalue weighted by Gasteiger charge is -2.27. The van der Waals surface area contributed by atoms with Gasteiger partial charge >= 0.3 is 0 Å². The summed E-state index contributed by atoms with van der Waals surface area (Å²) >= 11 is 7.70. The van der Waals surface area contributed by atoms with Crippen molar-refractivity contribution in [3.63, 3.8) is 0 Å². The van der Waals surface area contributed by atoms with Gasteiger partial charge < -0.3 is 5.73 Å².